The standard InChI is InChI=1S/C9H13N3/c10-9(5-7-1-2-7)8-3-4-11-12-6-8/h3-4,6-7,9H,1-2,5,10H2. The van der Waals surface area contributed by atoms with Gasteiger partial charge in [0.1, 0.15) is 0 Å². The highest BCUT2D eigenvalue weighted by Crippen LogP contribution is 2.36. The highest BCUT2D eigenvalue weighted by molar-refractivity contribution is 5.11. The maximum atomic E-state index is 5.97. The van der Waals surface area contributed by atoms with E-state index in [4.69, 9.17) is 5.73 Å². The highest BCUT2D eigenvalue weighted by Gasteiger charge is 2.24. The first-order valence-electron chi connectivity index (χ1n) is 4.38. The van der Waals surface area contributed by atoms with E-state index in [1.54, 1.807) is 12.4 Å². The minimum Gasteiger partial charge on any atom is -0.324 e. The first-order valence-corrected chi connectivity index (χ1v) is 4.38. The molecule has 1 atom stereocenters. The van der Waals surface area contributed by atoms with Gasteiger partial charge in [0.25, 0.3) is 0 Å². The van der Waals surface area contributed by atoms with Crippen molar-refractivity contribution in [3.63, 3.8) is 0 Å². The van der Waals surface area contributed by atoms with Crippen molar-refractivity contribution in [1.29, 1.82) is 0 Å². The van der Waals surface area contributed by atoms with Crippen molar-refractivity contribution >= 4 is 0 Å². The Kier molecular flexibility index (Phi) is 2.04. The van der Waals surface area contributed by atoms with Crippen LogP contribution in [0.25, 0.3) is 0 Å². The zero-order valence-electron chi connectivity index (χ0n) is 6.98. The van der Waals surface area contributed by atoms with Crippen molar-refractivity contribution in [2.24, 2.45) is 11.7 Å². The number of nitrogens with zero attached hydrogens (tertiary/aromatic N) is 2. The lowest BCUT2D eigenvalue weighted by Crippen LogP contribution is -2.11. The fourth-order valence-electron chi connectivity index (χ4n) is 1.37. The molecule has 3 heteroatoms. The molecule has 0 saturated heterocycles. The summed E-state index contributed by atoms with van der Waals surface area (Å²) in [4.78, 5) is 0. The molecule has 2 N–H and O–H groups in total. The van der Waals surface area contributed by atoms with E-state index in [2.05, 4.69) is 10.2 Å². The molecule has 1 aliphatic carbocycles. The van der Waals surface area contributed by atoms with E-state index in [9.17, 15) is 0 Å². The Hall–Kier alpha value is -0.960. The molecule has 0 aromatic carbocycles. The van der Waals surface area contributed by atoms with Crippen molar-refractivity contribution in [2.75, 3.05) is 0 Å². The third-order valence-corrected chi connectivity index (χ3v) is 2.32. The molecule has 0 radical (unpaired) electrons. The zero-order valence-corrected chi connectivity index (χ0v) is 6.98. The molecule has 12 heavy (non-hydrogen) atoms. The lowest BCUT2D eigenvalue weighted by atomic mass is 10.1. The Morgan fingerprint density at radius 3 is 2.92 bits per heavy atom. The molecule has 0 aliphatic heterocycles. The number of aromatic nitrogens is 2. The summed E-state index contributed by atoms with van der Waals surface area (Å²) in [6.45, 7) is 0. The largest absolute Gasteiger partial charge is 0.324 e. The summed E-state index contributed by atoms with van der Waals surface area (Å²) in [7, 11) is 0. The van der Waals surface area contributed by atoms with E-state index in [0.29, 0.717) is 0 Å². The zero-order chi connectivity index (χ0) is 8.39. The van der Waals surface area contributed by atoms with Crippen LogP contribution in [0.5, 0.6) is 0 Å². The average Bonchev–Trinajstić information content (AvgIpc) is 2.90. The van der Waals surface area contributed by atoms with Crippen molar-refractivity contribution < 1.29 is 0 Å². The molecule has 1 aliphatic rings. The third kappa shape index (κ3) is 1.80. The smallest absolute Gasteiger partial charge is 0.0543 e. The van der Waals surface area contributed by atoms with E-state index >= 15 is 0 Å². The molecular formula is C9H13N3. The van der Waals surface area contributed by atoms with E-state index in [-0.39, 0.29) is 6.04 Å². The Morgan fingerprint density at radius 1 is 1.50 bits per heavy atom. The highest BCUT2D eigenvalue weighted by atomic mass is 15.1. The molecule has 0 spiro atoms. The summed E-state index contributed by atoms with van der Waals surface area (Å²) in [6, 6.07) is 2.10. The summed E-state index contributed by atoms with van der Waals surface area (Å²) in [5.74, 6) is 0.869. The first kappa shape index (κ1) is 7.68. The fourth-order valence-corrected chi connectivity index (χ4v) is 1.37. The van der Waals surface area contributed by atoms with Gasteiger partial charge in [-0.05, 0) is 24.0 Å². The van der Waals surface area contributed by atoms with Crippen molar-refractivity contribution in [1.82, 2.24) is 10.2 Å². The Labute approximate surface area is 72.0 Å². The fraction of sp³-hybridized carbons (Fsp3) is 0.556. The number of nitrogens with two attached hydrogens (primary N) is 1. The minimum absolute atomic E-state index is 0.160. The summed E-state index contributed by atoms with van der Waals surface area (Å²) >= 11 is 0. The van der Waals surface area contributed by atoms with Crippen LogP contribution in [0.15, 0.2) is 18.5 Å². The van der Waals surface area contributed by atoms with Gasteiger partial charge in [-0.3, -0.25) is 0 Å². The number of hydrogen-bond donors (Lipinski definition) is 1. The molecule has 1 aromatic heterocycles. The Bertz CT molecular complexity index is 243. The molecule has 3 nitrogen and oxygen atoms in total. The van der Waals surface area contributed by atoms with E-state index in [1.165, 1.54) is 12.8 Å². The Morgan fingerprint density at radius 2 is 2.33 bits per heavy atom. The predicted octanol–water partition coefficient (Wildman–Crippen LogP) is 1.28. The second-order valence-electron chi connectivity index (χ2n) is 3.46. The molecule has 1 saturated carbocycles. The van der Waals surface area contributed by atoms with E-state index in [1.807, 2.05) is 6.07 Å². The summed E-state index contributed by atoms with van der Waals surface area (Å²) < 4.78 is 0. The van der Waals surface area contributed by atoms with Gasteiger partial charge in [0.15, 0.2) is 0 Å². The van der Waals surface area contributed by atoms with E-state index in [0.717, 1.165) is 17.9 Å². The molecule has 64 valence electrons. The van der Waals surface area contributed by atoms with Gasteiger partial charge in [0.05, 0.1) is 6.20 Å². The van der Waals surface area contributed by atoms with Gasteiger partial charge in [-0.25, -0.2) is 0 Å². The van der Waals surface area contributed by atoms with Crippen LogP contribution in [0, 0.1) is 5.92 Å². The SMILES string of the molecule is NC(CC1CC1)c1ccnnc1. The van der Waals surface area contributed by atoms with Crippen LogP contribution < -0.4 is 5.73 Å². The van der Waals surface area contributed by atoms with Crippen molar-refractivity contribution in [3.8, 4) is 0 Å². The molecule has 0 bridgehead atoms. The van der Waals surface area contributed by atoms with E-state index < -0.39 is 0 Å². The minimum atomic E-state index is 0.160. The maximum Gasteiger partial charge on any atom is 0.0543 e. The van der Waals surface area contributed by atoms with Crippen molar-refractivity contribution in [3.05, 3.63) is 24.0 Å². The lowest BCUT2D eigenvalue weighted by Gasteiger charge is -2.09. The average molecular weight is 163 g/mol. The Balaban J connectivity index is 1.98. The van der Waals surface area contributed by atoms with Gasteiger partial charge in [-0.15, -0.1) is 0 Å². The lowest BCUT2D eigenvalue weighted by molar-refractivity contribution is 0.593. The van der Waals surface area contributed by atoms with Gasteiger partial charge >= 0.3 is 0 Å². The van der Waals surface area contributed by atoms with Crippen LogP contribution in [0.3, 0.4) is 0 Å². The summed E-state index contributed by atoms with van der Waals surface area (Å²) in [5.41, 5.74) is 7.08. The van der Waals surface area contributed by atoms with Crippen LogP contribution in [0.2, 0.25) is 0 Å². The quantitative estimate of drug-likeness (QED) is 0.730. The predicted molar refractivity (Wildman–Crippen MR) is 46.3 cm³/mol. The third-order valence-electron chi connectivity index (χ3n) is 2.32. The molecule has 1 fully saturated rings. The molecule has 1 unspecified atom stereocenters. The van der Waals surface area contributed by atoms with Gasteiger partial charge < -0.3 is 5.73 Å². The normalized spacial score (nSPS) is 19.1. The molecule has 1 heterocycles. The van der Waals surface area contributed by atoms with Crippen molar-refractivity contribution in [2.45, 2.75) is 25.3 Å². The molecule has 0 amide bonds. The van der Waals surface area contributed by atoms with Gasteiger partial charge in [0.2, 0.25) is 0 Å². The second-order valence-corrected chi connectivity index (χ2v) is 3.46. The number of hydrogen-bond acceptors (Lipinski definition) is 3. The van der Waals surface area contributed by atoms with Gasteiger partial charge in [-0.2, -0.15) is 10.2 Å². The summed E-state index contributed by atoms with van der Waals surface area (Å²) in [6.07, 6.45) is 7.26. The van der Waals surface area contributed by atoms with Crippen LogP contribution in [-0.4, -0.2) is 10.2 Å². The van der Waals surface area contributed by atoms with Crippen LogP contribution in [0.1, 0.15) is 30.9 Å². The molecule has 1 aromatic rings. The van der Waals surface area contributed by atoms with Crippen LogP contribution in [0.4, 0.5) is 0 Å². The summed E-state index contributed by atoms with van der Waals surface area (Å²) in [5, 5.41) is 7.52. The monoisotopic (exact) mass is 163 g/mol. The topological polar surface area (TPSA) is 51.8 Å². The molecular weight excluding hydrogens is 150 g/mol. The maximum absolute atomic E-state index is 5.97. The van der Waals surface area contributed by atoms with Crippen LogP contribution in [-0.2, 0) is 0 Å². The van der Waals surface area contributed by atoms with Gasteiger partial charge in [-0.1, -0.05) is 12.8 Å². The van der Waals surface area contributed by atoms with Gasteiger partial charge in [0, 0.05) is 12.2 Å². The first-order chi connectivity index (χ1) is 5.86. The second kappa shape index (κ2) is 3.19. The van der Waals surface area contributed by atoms with Crippen LogP contribution >= 0.6 is 0 Å². The number of rotatable bonds is 3. The molecule has 2 rings (SSSR count).